The maximum absolute atomic E-state index is 14.0. The van der Waals surface area contributed by atoms with Crippen LogP contribution in [0, 0.1) is 22.9 Å². The van der Waals surface area contributed by atoms with E-state index < -0.39 is 22.2 Å². The number of anilines is 1. The molecule has 0 aliphatic heterocycles. The molecule has 1 heterocycles. The van der Waals surface area contributed by atoms with Gasteiger partial charge in [0.1, 0.15) is 10.8 Å². The Morgan fingerprint density at radius 2 is 2.19 bits per heavy atom. The van der Waals surface area contributed by atoms with E-state index in [1.54, 1.807) is 0 Å². The Labute approximate surface area is 123 Å². The maximum atomic E-state index is 14.0. The van der Waals surface area contributed by atoms with Crippen molar-refractivity contribution in [2.45, 2.75) is 20.3 Å². The molecule has 2 aromatic rings. The van der Waals surface area contributed by atoms with E-state index in [1.807, 2.05) is 6.92 Å². The SMILES string of the molecule is CCc1nnc(NC(=O)c2cc([N+](=O)[O-])cc(C)c2F)s1. The van der Waals surface area contributed by atoms with Crippen LogP contribution in [0.3, 0.4) is 0 Å². The number of aryl methyl sites for hydroxylation is 2. The molecule has 9 heteroatoms. The highest BCUT2D eigenvalue weighted by Crippen LogP contribution is 2.23. The number of rotatable bonds is 4. The molecule has 1 aromatic carbocycles. The van der Waals surface area contributed by atoms with E-state index in [0.29, 0.717) is 6.42 Å². The van der Waals surface area contributed by atoms with Crippen LogP contribution < -0.4 is 5.32 Å². The highest BCUT2D eigenvalue weighted by atomic mass is 32.1. The van der Waals surface area contributed by atoms with Gasteiger partial charge in [0.05, 0.1) is 10.5 Å². The molecule has 0 aliphatic rings. The predicted octanol–water partition coefficient (Wildman–Crippen LogP) is 2.71. The van der Waals surface area contributed by atoms with Crippen LogP contribution in [0.25, 0.3) is 0 Å². The Kier molecular flexibility index (Phi) is 4.22. The molecular weight excluding hydrogens is 299 g/mol. The molecule has 2 rings (SSSR count). The van der Waals surface area contributed by atoms with E-state index in [-0.39, 0.29) is 16.4 Å². The largest absolute Gasteiger partial charge is 0.296 e. The summed E-state index contributed by atoms with van der Waals surface area (Å²) in [6, 6.07) is 1.98. The average Bonchev–Trinajstić information content (AvgIpc) is 2.88. The quantitative estimate of drug-likeness (QED) is 0.691. The van der Waals surface area contributed by atoms with Gasteiger partial charge in [-0.1, -0.05) is 18.3 Å². The van der Waals surface area contributed by atoms with Crippen molar-refractivity contribution in [1.29, 1.82) is 0 Å². The molecule has 1 aromatic heterocycles. The fourth-order valence-electron chi connectivity index (χ4n) is 1.63. The summed E-state index contributed by atoms with van der Waals surface area (Å²) in [5, 5.41) is 21.7. The second kappa shape index (κ2) is 5.92. The summed E-state index contributed by atoms with van der Waals surface area (Å²) in [6.45, 7) is 3.24. The minimum absolute atomic E-state index is 0.0286. The molecule has 0 radical (unpaired) electrons. The molecule has 1 N–H and O–H groups in total. The Hall–Kier alpha value is -2.42. The van der Waals surface area contributed by atoms with Crippen molar-refractivity contribution in [2.24, 2.45) is 0 Å². The van der Waals surface area contributed by atoms with Crippen molar-refractivity contribution in [3.05, 3.63) is 44.2 Å². The Morgan fingerprint density at radius 3 is 2.76 bits per heavy atom. The Morgan fingerprint density at radius 1 is 1.48 bits per heavy atom. The van der Waals surface area contributed by atoms with Crippen molar-refractivity contribution in [3.8, 4) is 0 Å². The second-order valence-electron chi connectivity index (χ2n) is 4.19. The number of aromatic nitrogens is 2. The van der Waals surface area contributed by atoms with Crippen LogP contribution in [0.4, 0.5) is 15.2 Å². The zero-order chi connectivity index (χ0) is 15.6. The fraction of sp³-hybridized carbons (Fsp3) is 0.250. The van der Waals surface area contributed by atoms with Gasteiger partial charge in [-0.3, -0.25) is 20.2 Å². The van der Waals surface area contributed by atoms with E-state index in [9.17, 15) is 19.3 Å². The highest BCUT2D eigenvalue weighted by molar-refractivity contribution is 7.15. The molecular formula is C12H11FN4O3S. The second-order valence-corrected chi connectivity index (χ2v) is 5.25. The van der Waals surface area contributed by atoms with Gasteiger partial charge in [0.25, 0.3) is 11.6 Å². The van der Waals surface area contributed by atoms with Gasteiger partial charge in [-0.2, -0.15) is 0 Å². The highest BCUT2D eigenvalue weighted by Gasteiger charge is 2.20. The molecule has 7 nitrogen and oxygen atoms in total. The molecule has 0 atom stereocenters. The third-order valence-corrected chi connectivity index (χ3v) is 3.67. The Bertz CT molecular complexity index is 717. The van der Waals surface area contributed by atoms with Crippen molar-refractivity contribution in [1.82, 2.24) is 10.2 Å². The van der Waals surface area contributed by atoms with E-state index in [2.05, 4.69) is 15.5 Å². The third-order valence-electron chi connectivity index (χ3n) is 2.68. The lowest BCUT2D eigenvalue weighted by atomic mass is 10.1. The van der Waals surface area contributed by atoms with Crippen LogP contribution >= 0.6 is 11.3 Å². The first-order chi connectivity index (χ1) is 9.92. The van der Waals surface area contributed by atoms with Crippen LogP contribution in [0.1, 0.15) is 27.9 Å². The standard InChI is InChI=1S/C12H11FN4O3S/c1-3-9-15-16-12(21-9)14-11(18)8-5-7(17(19)20)4-6(2)10(8)13/h4-5H,3H2,1-2H3,(H,14,16,18). The number of amides is 1. The average molecular weight is 310 g/mol. The van der Waals surface area contributed by atoms with Crippen LogP contribution in [0.15, 0.2) is 12.1 Å². The van der Waals surface area contributed by atoms with Crippen molar-refractivity contribution in [2.75, 3.05) is 5.32 Å². The van der Waals surface area contributed by atoms with Crippen LogP contribution in [0.2, 0.25) is 0 Å². The number of nitrogens with zero attached hydrogens (tertiary/aromatic N) is 3. The molecule has 0 aliphatic carbocycles. The molecule has 1 amide bonds. The summed E-state index contributed by atoms with van der Waals surface area (Å²) >= 11 is 1.17. The monoisotopic (exact) mass is 310 g/mol. The van der Waals surface area contributed by atoms with E-state index in [4.69, 9.17) is 0 Å². The van der Waals surface area contributed by atoms with Crippen molar-refractivity contribution < 1.29 is 14.1 Å². The number of nitro benzene ring substituents is 1. The molecule has 0 bridgehead atoms. The first-order valence-electron chi connectivity index (χ1n) is 6.00. The van der Waals surface area contributed by atoms with Gasteiger partial charge in [0.15, 0.2) is 0 Å². The lowest BCUT2D eigenvalue weighted by Gasteiger charge is -2.05. The number of nitrogens with one attached hydrogen (secondary N) is 1. The number of non-ortho nitro benzene ring substituents is 1. The smallest absolute Gasteiger partial charge is 0.270 e. The van der Waals surface area contributed by atoms with E-state index in [0.717, 1.165) is 17.1 Å². The minimum Gasteiger partial charge on any atom is -0.296 e. The first kappa shape index (κ1) is 15.0. The summed E-state index contributed by atoms with van der Waals surface area (Å²) in [5.74, 6) is -1.59. The lowest BCUT2D eigenvalue weighted by molar-refractivity contribution is -0.385. The summed E-state index contributed by atoms with van der Waals surface area (Å²) in [4.78, 5) is 22.1. The van der Waals surface area contributed by atoms with Crippen LogP contribution in [0.5, 0.6) is 0 Å². The van der Waals surface area contributed by atoms with Gasteiger partial charge in [-0.15, -0.1) is 10.2 Å². The van der Waals surface area contributed by atoms with Crippen LogP contribution in [-0.2, 0) is 6.42 Å². The van der Waals surface area contributed by atoms with E-state index in [1.165, 1.54) is 18.3 Å². The number of hydrogen-bond acceptors (Lipinski definition) is 6. The first-order valence-corrected chi connectivity index (χ1v) is 6.82. The van der Waals surface area contributed by atoms with Gasteiger partial charge in [0, 0.05) is 12.1 Å². The molecule has 21 heavy (non-hydrogen) atoms. The number of benzene rings is 1. The summed E-state index contributed by atoms with van der Waals surface area (Å²) in [7, 11) is 0. The number of carbonyl (C=O) groups is 1. The number of halogens is 1. The normalized spacial score (nSPS) is 10.4. The summed E-state index contributed by atoms with van der Waals surface area (Å²) < 4.78 is 14.0. The summed E-state index contributed by atoms with van der Waals surface area (Å²) in [5.41, 5.74) is -0.707. The fourth-order valence-corrected chi connectivity index (χ4v) is 2.31. The third kappa shape index (κ3) is 3.19. The zero-order valence-electron chi connectivity index (χ0n) is 11.2. The van der Waals surface area contributed by atoms with Gasteiger partial charge >= 0.3 is 0 Å². The molecule has 0 saturated carbocycles. The topological polar surface area (TPSA) is 98.0 Å². The van der Waals surface area contributed by atoms with Crippen molar-refractivity contribution in [3.63, 3.8) is 0 Å². The minimum atomic E-state index is -0.793. The number of nitro groups is 1. The van der Waals surface area contributed by atoms with Crippen molar-refractivity contribution >= 4 is 28.1 Å². The van der Waals surface area contributed by atoms with Gasteiger partial charge in [0.2, 0.25) is 5.13 Å². The maximum Gasteiger partial charge on any atom is 0.270 e. The summed E-state index contributed by atoms with van der Waals surface area (Å²) in [6.07, 6.45) is 0.664. The molecule has 0 unspecified atom stereocenters. The number of hydrogen-bond donors (Lipinski definition) is 1. The number of carbonyl (C=O) groups excluding carboxylic acids is 1. The van der Waals surface area contributed by atoms with Gasteiger partial charge in [-0.05, 0) is 18.9 Å². The van der Waals surface area contributed by atoms with Gasteiger partial charge in [-0.25, -0.2) is 4.39 Å². The van der Waals surface area contributed by atoms with Crippen LogP contribution in [-0.4, -0.2) is 21.0 Å². The predicted molar refractivity (Wildman–Crippen MR) is 75.0 cm³/mol. The zero-order valence-corrected chi connectivity index (χ0v) is 12.0. The van der Waals surface area contributed by atoms with E-state index >= 15 is 0 Å². The Balaban J connectivity index is 2.32. The lowest BCUT2D eigenvalue weighted by Crippen LogP contribution is -2.14. The van der Waals surface area contributed by atoms with Gasteiger partial charge < -0.3 is 0 Å². The molecule has 0 fully saturated rings. The molecule has 0 spiro atoms. The molecule has 0 saturated heterocycles. The molecule has 110 valence electrons.